The highest BCUT2D eigenvalue weighted by atomic mass is 16.6. The van der Waals surface area contributed by atoms with Crippen LogP contribution in [0.15, 0.2) is 18.2 Å². The number of ether oxygens (including phenoxy) is 1. The van der Waals surface area contributed by atoms with E-state index in [1.54, 1.807) is 0 Å². The summed E-state index contributed by atoms with van der Waals surface area (Å²) < 4.78 is 5.46. The number of hydrogen-bond acceptors (Lipinski definition) is 4. The highest BCUT2D eigenvalue weighted by Gasteiger charge is 2.37. The SMILES string of the molecule is CC(C)(C)OC(=O)N1CC(N2CCc3cc(CN4CCC4)ccc3C2)C1. The van der Waals surface area contributed by atoms with E-state index in [4.69, 9.17) is 4.74 Å². The molecule has 0 unspecified atom stereocenters. The minimum Gasteiger partial charge on any atom is -0.444 e. The fourth-order valence-electron chi connectivity index (χ4n) is 4.00. The van der Waals surface area contributed by atoms with Crippen LogP contribution in [0, 0.1) is 0 Å². The van der Waals surface area contributed by atoms with Crippen molar-refractivity contribution in [2.75, 3.05) is 32.7 Å². The molecule has 3 heterocycles. The van der Waals surface area contributed by atoms with Gasteiger partial charge in [-0.3, -0.25) is 9.80 Å². The van der Waals surface area contributed by atoms with Gasteiger partial charge in [0.15, 0.2) is 0 Å². The van der Waals surface area contributed by atoms with Gasteiger partial charge in [0.25, 0.3) is 0 Å². The summed E-state index contributed by atoms with van der Waals surface area (Å²) in [7, 11) is 0. The lowest BCUT2D eigenvalue weighted by Crippen LogP contribution is -2.62. The van der Waals surface area contributed by atoms with E-state index < -0.39 is 5.60 Å². The summed E-state index contributed by atoms with van der Waals surface area (Å²) in [6, 6.07) is 7.50. The van der Waals surface area contributed by atoms with Crippen LogP contribution in [-0.4, -0.2) is 65.2 Å². The third-order valence-electron chi connectivity index (χ3n) is 5.70. The molecule has 2 fully saturated rings. The van der Waals surface area contributed by atoms with E-state index in [1.165, 1.54) is 36.2 Å². The largest absolute Gasteiger partial charge is 0.444 e. The molecule has 5 nitrogen and oxygen atoms in total. The van der Waals surface area contributed by atoms with E-state index in [1.807, 2.05) is 25.7 Å². The lowest BCUT2D eigenvalue weighted by Gasteiger charge is -2.46. The second kappa shape index (κ2) is 6.86. The molecule has 0 N–H and O–H groups in total. The molecule has 0 spiro atoms. The van der Waals surface area contributed by atoms with Crippen molar-refractivity contribution >= 4 is 6.09 Å². The topological polar surface area (TPSA) is 36.0 Å². The monoisotopic (exact) mass is 357 g/mol. The van der Waals surface area contributed by atoms with Crippen molar-refractivity contribution in [3.8, 4) is 0 Å². The van der Waals surface area contributed by atoms with Crippen LogP contribution in [-0.2, 0) is 24.2 Å². The second-order valence-corrected chi connectivity index (χ2v) is 8.99. The molecule has 2 saturated heterocycles. The van der Waals surface area contributed by atoms with Gasteiger partial charge in [-0.05, 0) is 63.4 Å². The molecule has 1 aromatic carbocycles. The Labute approximate surface area is 156 Å². The normalized spacial score (nSPS) is 21.7. The Morgan fingerprint density at radius 2 is 1.92 bits per heavy atom. The maximum Gasteiger partial charge on any atom is 0.410 e. The van der Waals surface area contributed by atoms with E-state index in [2.05, 4.69) is 28.0 Å². The molecule has 5 heteroatoms. The van der Waals surface area contributed by atoms with Crippen LogP contribution in [0.4, 0.5) is 4.79 Å². The highest BCUT2D eigenvalue weighted by Crippen LogP contribution is 2.27. The van der Waals surface area contributed by atoms with Crippen molar-refractivity contribution in [3.05, 3.63) is 34.9 Å². The summed E-state index contributed by atoms with van der Waals surface area (Å²) >= 11 is 0. The first kappa shape index (κ1) is 17.8. The van der Waals surface area contributed by atoms with Gasteiger partial charge in [-0.15, -0.1) is 0 Å². The summed E-state index contributed by atoms with van der Waals surface area (Å²) in [6.45, 7) is 13.0. The van der Waals surface area contributed by atoms with Gasteiger partial charge in [0, 0.05) is 38.8 Å². The van der Waals surface area contributed by atoms with Crippen molar-refractivity contribution < 1.29 is 9.53 Å². The first-order valence-corrected chi connectivity index (χ1v) is 9.92. The van der Waals surface area contributed by atoms with Gasteiger partial charge in [0.1, 0.15) is 5.60 Å². The van der Waals surface area contributed by atoms with Gasteiger partial charge in [0.2, 0.25) is 0 Å². The third kappa shape index (κ3) is 3.89. The number of fused-ring (bicyclic) bond motifs is 1. The van der Waals surface area contributed by atoms with Crippen LogP contribution in [0.25, 0.3) is 0 Å². The zero-order valence-electron chi connectivity index (χ0n) is 16.3. The number of hydrogen-bond donors (Lipinski definition) is 0. The van der Waals surface area contributed by atoms with Gasteiger partial charge in [-0.25, -0.2) is 4.79 Å². The molecule has 4 rings (SSSR count). The Kier molecular flexibility index (Phi) is 4.70. The minimum absolute atomic E-state index is 0.179. The van der Waals surface area contributed by atoms with E-state index in [9.17, 15) is 4.79 Å². The number of nitrogens with zero attached hydrogens (tertiary/aromatic N) is 3. The van der Waals surface area contributed by atoms with Gasteiger partial charge < -0.3 is 9.64 Å². The quantitative estimate of drug-likeness (QED) is 0.833. The lowest BCUT2D eigenvalue weighted by molar-refractivity contribution is -0.0180. The number of amides is 1. The average Bonchev–Trinajstić information content (AvgIpc) is 2.47. The Morgan fingerprint density at radius 1 is 1.15 bits per heavy atom. The molecule has 142 valence electrons. The maximum atomic E-state index is 12.1. The van der Waals surface area contributed by atoms with Gasteiger partial charge in [-0.1, -0.05) is 18.2 Å². The fourth-order valence-corrected chi connectivity index (χ4v) is 4.00. The number of likely N-dealkylation sites (tertiary alicyclic amines) is 2. The van der Waals surface area contributed by atoms with Crippen molar-refractivity contribution in [3.63, 3.8) is 0 Å². The van der Waals surface area contributed by atoms with Crippen LogP contribution in [0.2, 0.25) is 0 Å². The Bertz CT molecular complexity index is 672. The molecular weight excluding hydrogens is 326 g/mol. The Morgan fingerprint density at radius 3 is 2.58 bits per heavy atom. The van der Waals surface area contributed by atoms with Gasteiger partial charge in [0.05, 0.1) is 0 Å². The lowest BCUT2D eigenvalue weighted by atomic mass is 9.94. The Hall–Kier alpha value is -1.59. The molecule has 0 saturated carbocycles. The molecule has 26 heavy (non-hydrogen) atoms. The van der Waals surface area contributed by atoms with E-state index in [0.717, 1.165) is 39.1 Å². The van der Waals surface area contributed by atoms with Crippen LogP contribution in [0.5, 0.6) is 0 Å². The number of rotatable bonds is 3. The van der Waals surface area contributed by atoms with Crippen LogP contribution >= 0.6 is 0 Å². The molecule has 3 aliphatic rings. The molecule has 1 amide bonds. The fraction of sp³-hybridized carbons (Fsp3) is 0.667. The first-order valence-electron chi connectivity index (χ1n) is 9.92. The molecule has 0 bridgehead atoms. The molecule has 0 radical (unpaired) electrons. The van der Waals surface area contributed by atoms with E-state index in [0.29, 0.717) is 6.04 Å². The standard InChI is InChI=1S/C21H31N3O2/c1-21(2,3)26-20(25)24-14-19(15-24)23-10-7-17-11-16(5-6-18(17)13-23)12-22-8-4-9-22/h5-6,11,19H,4,7-10,12-15H2,1-3H3. The number of carbonyl (C=O) groups excluding carboxylic acids is 1. The average molecular weight is 357 g/mol. The number of benzene rings is 1. The number of carbonyl (C=O) groups is 1. The summed E-state index contributed by atoms with van der Waals surface area (Å²) in [5.74, 6) is 0. The van der Waals surface area contributed by atoms with Crippen LogP contribution in [0.1, 0.15) is 43.9 Å². The first-order chi connectivity index (χ1) is 12.4. The molecular formula is C21H31N3O2. The van der Waals surface area contributed by atoms with Gasteiger partial charge in [-0.2, -0.15) is 0 Å². The molecule has 0 atom stereocenters. The van der Waals surface area contributed by atoms with E-state index in [-0.39, 0.29) is 6.09 Å². The summed E-state index contributed by atoms with van der Waals surface area (Å²) in [6.07, 6.45) is 2.29. The molecule has 1 aromatic rings. The zero-order chi connectivity index (χ0) is 18.3. The second-order valence-electron chi connectivity index (χ2n) is 8.99. The summed E-state index contributed by atoms with van der Waals surface area (Å²) in [4.78, 5) is 19.0. The molecule has 3 aliphatic heterocycles. The smallest absolute Gasteiger partial charge is 0.410 e. The summed E-state index contributed by atoms with van der Waals surface area (Å²) in [5, 5.41) is 0. The highest BCUT2D eigenvalue weighted by molar-refractivity contribution is 5.69. The third-order valence-corrected chi connectivity index (χ3v) is 5.70. The van der Waals surface area contributed by atoms with Crippen molar-refractivity contribution in [2.24, 2.45) is 0 Å². The van der Waals surface area contributed by atoms with Crippen molar-refractivity contribution in [2.45, 2.75) is 58.3 Å². The molecule has 0 aliphatic carbocycles. The van der Waals surface area contributed by atoms with Crippen molar-refractivity contribution in [1.82, 2.24) is 14.7 Å². The van der Waals surface area contributed by atoms with Crippen molar-refractivity contribution in [1.29, 1.82) is 0 Å². The predicted octanol–water partition coefficient (Wildman–Crippen LogP) is 2.87. The Balaban J connectivity index is 1.30. The maximum absolute atomic E-state index is 12.1. The van der Waals surface area contributed by atoms with E-state index >= 15 is 0 Å². The van der Waals surface area contributed by atoms with Gasteiger partial charge >= 0.3 is 6.09 Å². The predicted molar refractivity (Wildman–Crippen MR) is 102 cm³/mol. The van der Waals surface area contributed by atoms with Crippen LogP contribution < -0.4 is 0 Å². The summed E-state index contributed by atoms with van der Waals surface area (Å²) in [5.41, 5.74) is 4.01. The van der Waals surface area contributed by atoms with Crippen LogP contribution in [0.3, 0.4) is 0 Å². The minimum atomic E-state index is -0.417. The molecule has 0 aromatic heterocycles. The zero-order valence-corrected chi connectivity index (χ0v) is 16.3.